The van der Waals surface area contributed by atoms with Crippen LogP contribution in [-0.4, -0.2) is 61.9 Å². The Morgan fingerprint density at radius 2 is 1.88 bits per heavy atom. The molecule has 4 rings (SSSR count). The lowest BCUT2D eigenvalue weighted by molar-refractivity contribution is -0.125. The Morgan fingerprint density at radius 1 is 1.21 bits per heavy atom. The van der Waals surface area contributed by atoms with Crippen LogP contribution >= 0.6 is 0 Å². The number of hydrogen-bond acceptors (Lipinski definition) is 5. The van der Waals surface area contributed by atoms with E-state index in [1.807, 2.05) is 0 Å². The Balaban J connectivity index is 1.60. The second-order valence-electron chi connectivity index (χ2n) is 11.2. The van der Waals surface area contributed by atoms with E-state index in [1.165, 1.54) is 16.8 Å². The molecule has 0 atom stereocenters. The minimum atomic E-state index is -4.82. The lowest BCUT2D eigenvalue weighted by Gasteiger charge is -2.33. The maximum Gasteiger partial charge on any atom is 0.416 e. The molecule has 42 heavy (non-hydrogen) atoms. The topological polar surface area (TPSA) is 86.6 Å². The van der Waals surface area contributed by atoms with E-state index < -0.39 is 54.5 Å². The number of allylic oxidation sites excluding steroid dienone is 1. The standard InChI is InChI=1S/C27H30F6N4O4Si/c1-16(27(31,32)33)18-11-37(15-39-7-8-42(2,3)4)24-22(18)21(5-6-34-24)41-23-19(28)9-17(10-20(23)29)36-25(38)35-12-26(30)13-40-14-26/h5-6,9-11H,1,7-8,12-15H2,2-4H3,(H2,35,36,38). The molecular weight excluding hydrogens is 586 g/mol. The Kier molecular flexibility index (Phi) is 8.94. The largest absolute Gasteiger partial charge is 0.450 e. The molecule has 1 aliphatic rings. The van der Waals surface area contributed by atoms with Crippen LogP contribution in [0.1, 0.15) is 5.56 Å². The number of carbonyl (C=O) groups excluding carboxylic acids is 1. The van der Waals surface area contributed by atoms with Crippen LogP contribution in [0, 0.1) is 11.6 Å². The molecule has 3 aromatic rings. The zero-order chi connectivity index (χ0) is 30.9. The van der Waals surface area contributed by atoms with Gasteiger partial charge < -0.3 is 29.4 Å². The number of nitrogens with zero attached hydrogens (tertiary/aromatic N) is 2. The molecule has 2 amide bonds. The zero-order valence-electron chi connectivity index (χ0n) is 23.1. The van der Waals surface area contributed by atoms with Crippen LogP contribution in [0.4, 0.5) is 36.8 Å². The van der Waals surface area contributed by atoms with E-state index in [9.17, 15) is 31.1 Å². The van der Waals surface area contributed by atoms with Crippen molar-refractivity contribution in [2.75, 3.05) is 31.7 Å². The van der Waals surface area contributed by atoms with Gasteiger partial charge in [0, 0.05) is 50.5 Å². The van der Waals surface area contributed by atoms with E-state index >= 15 is 0 Å². The van der Waals surface area contributed by atoms with Crippen LogP contribution in [0.3, 0.4) is 0 Å². The molecule has 0 spiro atoms. The molecule has 0 unspecified atom stereocenters. The predicted octanol–water partition coefficient (Wildman–Crippen LogP) is 6.85. The lowest BCUT2D eigenvalue weighted by Crippen LogP contribution is -2.54. The number of anilines is 1. The number of urea groups is 1. The molecule has 2 aromatic heterocycles. The van der Waals surface area contributed by atoms with Crippen molar-refractivity contribution in [1.82, 2.24) is 14.9 Å². The number of ether oxygens (including phenoxy) is 3. The summed E-state index contributed by atoms with van der Waals surface area (Å²) < 4.78 is 102. The van der Waals surface area contributed by atoms with Crippen molar-refractivity contribution in [1.29, 1.82) is 0 Å². The van der Waals surface area contributed by atoms with Gasteiger partial charge in [0.25, 0.3) is 0 Å². The normalized spacial score (nSPS) is 14.9. The van der Waals surface area contributed by atoms with Crippen molar-refractivity contribution in [3.8, 4) is 11.5 Å². The van der Waals surface area contributed by atoms with Gasteiger partial charge >= 0.3 is 12.2 Å². The first kappa shape index (κ1) is 31.4. The van der Waals surface area contributed by atoms with Gasteiger partial charge in [0.15, 0.2) is 23.1 Å². The minimum absolute atomic E-state index is 0.0270. The number of nitrogens with one attached hydrogen (secondary N) is 2. The third-order valence-electron chi connectivity index (χ3n) is 6.37. The second kappa shape index (κ2) is 12.0. The van der Waals surface area contributed by atoms with Crippen LogP contribution in [-0.2, 0) is 16.2 Å². The molecule has 15 heteroatoms. The summed E-state index contributed by atoms with van der Waals surface area (Å²) in [6.07, 6.45) is -2.44. The molecule has 0 bridgehead atoms. The SMILES string of the molecule is C=C(c1cn(COCC[Si](C)(C)C)c2nccc(Oc3c(F)cc(NC(=O)NCC4(F)COC4)cc3F)c12)C(F)(F)F. The second-order valence-corrected chi connectivity index (χ2v) is 16.8. The maximum atomic E-state index is 15.0. The predicted molar refractivity (Wildman–Crippen MR) is 147 cm³/mol. The van der Waals surface area contributed by atoms with E-state index in [-0.39, 0.29) is 49.0 Å². The van der Waals surface area contributed by atoms with Gasteiger partial charge in [-0.15, -0.1) is 0 Å². The monoisotopic (exact) mass is 616 g/mol. The fourth-order valence-electron chi connectivity index (χ4n) is 3.97. The Morgan fingerprint density at radius 3 is 2.45 bits per heavy atom. The van der Waals surface area contributed by atoms with E-state index in [0.717, 1.165) is 24.4 Å². The molecule has 228 valence electrons. The summed E-state index contributed by atoms with van der Waals surface area (Å²) in [6.45, 7) is 9.17. The highest BCUT2D eigenvalue weighted by Gasteiger charge is 2.39. The van der Waals surface area contributed by atoms with Gasteiger partial charge in [-0.1, -0.05) is 26.2 Å². The molecule has 0 aliphatic carbocycles. The highest BCUT2D eigenvalue weighted by atomic mass is 28.3. The van der Waals surface area contributed by atoms with Gasteiger partial charge in [0.2, 0.25) is 0 Å². The molecule has 3 heterocycles. The number of alkyl halides is 4. The van der Waals surface area contributed by atoms with Crippen molar-refractivity contribution in [2.45, 2.75) is 44.3 Å². The van der Waals surface area contributed by atoms with Crippen molar-refractivity contribution >= 4 is 36.4 Å². The van der Waals surface area contributed by atoms with E-state index in [4.69, 9.17) is 14.2 Å². The van der Waals surface area contributed by atoms with Crippen LogP contribution in [0.2, 0.25) is 25.7 Å². The third-order valence-corrected chi connectivity index (χ3v) is 8.07. The van der Waals surface area contributed by atoms with E-state index in [2.05, 4.69) is 41.8 Å². The number of amides is 2. The van der Waals surface area contributed by atoms with Crippen LogP contribution < -0.4 is 15.4 Å². The fourth-order valence-corrected chi connectivity index (χ4v) is 4.73. The molecule has 1 saturated heterocycles. The van der Waals surface area contributed by atoms with E-state index in [0.29, 0.717) is 6.61 Å². The molecule has 1 aliphatic heterocycles. The number of rotatable bonds is 11. The molecule has 2 N–H and O–H groups in total. The third kappa shape index (κ3) is 7.44. The van der Waals surface area contributed by atoms with Gasteiger partial charge in [0.1, 0.15) is 18.1 Å². The maximum absolute atomic E-state index is 15.0. The van der Waals surface area contributed by atoms with Gasteiger partial charge in [-0.25, -0.2) is 22.9 Å². The highest BCUT2D eigenvalue weighted by Crippen LogP contribution is 2.42. The summed E-state index contributed by atoms with van der Waals surface area (Å²) in [5.41, 5.74) is -3.59. The van der Waals surface area contributed by atoms with Crippen LogP contribution in [0.15, 0.2) is 37.2 Å². The number of halogens is 6. The number of carbonyl (C=O) groups is 1. The number of benzene rings is 1. The van der Waals surface area contributed by atoms with Gasteiger partial charge in [-0.2, -0.15) is 13.2 Å². The first-order valence-electron chi connectivity index (χ1n) is 12.9. The first-order valence-corrected chi connectivity index (χ1v) is 16.6. The van der Waals surface area contributed by atoms with Crippen molar-refractivity contribution in [3.05, 3.63) is 54.4 Å². The molecule has 0 radical (unpaired) electrons. The smallest absolute Gasteiger partial charge is 0.416 e. The average molecular weight is 617 g/mol. The van der Waals surface area contributed by atoms with Crippen LogP contribution in [0.5, 0.6) is 11.5 Å². The van der Waals surface area contributed by atoms with Crippen molar-refractivity contribution in [2.24, 2.45) is 0 Å². The van der Waals surface area contributed by atoms with Gasteiger partial charge in [0.05, 0.1) is 30.7 Å². The van der Waals surface area contributed by atoms with E-state index in [1.54, 1.807) is 0 Å². The fraction of sp³-hybridized carbons (Fsp3) is 0.407. The first-order chi connectivity index (χ1) is 19.6. The Bertz CT molecular complexity index is 1460. The minimum Gasteiger partial charge on any atom is -0.450 e. The number of fused-ring (bicyclic) bond motifs is 1. The number of pyridine rings is 1. The average Bonchev–Trinajstić information content (AvgIpc) is 3.24. The number of hydrogen-bond donors (Lipinski definition) is 2. The summed E-state index contributed by atoms with van der Waals surface area (Å²) in [7, 11) is -1.42. The lowest BCUT2D eigenvalue weighted by atomic mass is 10.1. The zero-order valence-corrected chi connectivity index (χ0v) is 24.1. The molecule has 0 saturated carbocycles. The van der Waals surface area contributed by atoms with Crippen molar-refractivity contribution < 1.29 is 45.3 Å². The summed E-state index contributed by atoms with van der Waals surface area (Å²) in [5, 5.41) is 4.26. The quantitative estimate of drug-likeness (QED) is 0.140. The molecule has 1 aromatic carbocycles. The van der Waals surface area contributed by atoms with Gasteiger partial charge in [-0.3, -0.25) is 0 Å². The Labute approximate surface area is 238 Å². The summed E-state index contributed by atoms with van der Waals surface area (Å²) in [5.74, 6) is -3.75. The summed E-state index contributed by atoms with van der Waals surface area (Å²) in [6, 6.07) is 2.59. The summed E-state index contributed by atoms with van der Waals surface area (Å²) in [4.78, 5) is 16.2. The van der Waals surface area contributed by atoms with Crippen LogP contribution in [0.25, 0.3) is 16.6 Å². The molecule has 8 nitrogen and oxygen atoms in total. The van der Waals surface area contributed by atoms with Gasteiger partial charge in [-0.05, 0) is 12.1 Å². The summed E-state index contributed by atoms with van der Waals surface area (Å²) >= 11 is 0. The number of aromatic nitrogens is 2. The Hall–Kier alpha value is -3.56. The molecular formula is C27H30F6N4O4Si. The highest BCUT2D eigenvalue weighted by molar-refractivity contribution is 6.76. The van der Waals surface area contributed by atoms with Crippen molar-refractivity contribution in [3.63, 3.8) is 0 Å². The molecule has 1 fully saturated rings.